The van der Waals surface area contributed by atoms with Crippen LogP contribution in [0.25, 0.3) is 33.8 Å². The van der Waals surface area contributed by atoms with Gasteiger partial charge in [0, 0.05) is 60.3 Å². The SMILES string of the molecule is Cc1cc(-c2cnc3c(NCC(C)(C)O)cc(Br)nn23)ccc1C(=O)CC1CC1.Cc1cc(-c2cnc3c(NCC(C)(C)O)cc(Oc4ccc(F)c(F)c4)nn23)ccc1C(=O)CC1CC1. The van der Waals surface area contributed by atoms with Crippen molar-refractivity contribution in [3.8, 4) is 34.1 Å². The molecule has 4 aromatic heterocycles. The molecule has 16 heteroatoms. The number of hydrogen-bond donors (Lipinski definition) is 4. The fourth-order valence-electron chi connectivity index (χ4n) is 7.53. The number of aromatic nitrogens is 6. The molecule has 0 radical (unpaired) electrons. The Hall–Kier alpha value is -6.10. The van der Waals surface area contributed by atoms with Crippen LogP contribution in [0.5, 0.6) is 11.6 Å². The first-order valence-electron chi connectivity index (χ1n) is 22.1. The lowest BCUT2D eigenvalue weighted by atomic mass is 9.98. The molecular weight excluding hydrogens is 911 g/mol. The number of nitrogens with one attached hydrogen (secondary N) is 2. The first-order valence-corrected chi connectivity index (χ1v) is 22.8. The second-order valence-corrected chi connectivity index (χ2v) is 19.6. The number of hydrogen-bond acceptors (Lipinski definition) is 11. The van der Waals surface area contributed by atoms with Gasteiger partial charge in [0.25, 0.3) is 0 Å². The number of ether oxygens (including phenoxy) is 1. The van der Waals surface area contributed by atoms with Crippen LogP contribution in [0.3, 0.4) is 0 Å². The Balaban J connectivity index is 0.000000185. The summed E-state index contributed by atoms with van der Waals surface area (Å²) >= 11 is 3.46. The van der Waals surface area contributed by atoms with E-state index in [1.165, 1.54) is 18.9 Å². The van der Waals surface area contributed by atoms with Crippen LogP contribution in [-0.4, -0.2) is 75.3 Å². The zero-order valence-electron chi connectivity index (χ0n) is 37.8. The molecule has 7 aromatic rings. The van der Waals surface area contributed by atoms with Crippen molar-refractivity contribution < 1.29 is 33.3 Å². The average molecular weight is 964 g/mol. The van der Waals surface area contributed by atoms with Crippen molar-refractivity contribution in [1.82, 2.24) is 29.2 Å². The third kappa shape index (κ3) is 11.3. The molecule has 4 heterocycles. The number of Topliss-reactive ketones (excluding diaryl/α,β-unsaturated/α-hetero) is 2. The highest BCUT2D eigenvalue weighted by Gasteiger charge is 2.27. The van der Waals surface area contributed by atoms with Crippen LogP contribution in [0.2, 0.25) is 0 Å². The van der Waals surface area contributed by atoms with E-state index in [9.17, 15) is 28.6 Å². The molecule has 0 unspecified atom stereocenters. The summed E-state index contributed by atoms with van der Waals surface area (Å²) in [4.78, 5) is 34.2. The zero-order valence-corrected chi connectivity index (χ0v) is 39.3. The van der Waals surface area contributed by atoms with E-state index in [1.54, 1.807) is 55.2 Å². The summed E-state index contributed by atoms with van der Waals surface area (Å²) in [5.74, 6) is -0.339. The maximum absolute atomic E-state index is 13.7. The fraction of sp³-hybridized carbons (Fsp3) is 0.360. The molecule has 13 nitrogen and oxygen atoms in total. The average Bonchev–Trinajstić information content (AvgIpc) is 4.16. The van der Waals surface area contributed by atoms with Gasteiger partial charge in [-0.3, -0.25) is 9.59 Å². The summed E-state index contributed by atoms with van der Waals surface area (Å²) in [5.41, 5.74) is 7.26. The first kappa shape index (κ1) is 46.4. The predicted molar refractivity (Wildman–Crippen MR) is 253 cm³/mol. The van der Waals surface area contributed by atoms with E-state index in [2.05, 4.69) is 46.7 Å². The number of aryl methyl sites for hydroxylation is 2. The second-order valence-electron chi connectivity index (χ2n) is 18.7. The van der Waals surface area contributed by atoms with Gasteiger partial charge in [-0.1, -0.05) is 24.3 Å². The second kappa shape index (κ2) is 18.6. The largest absolute Gasteiger partial charge is 0.437 e. The van der Waals surface area contributed by atoms with Crippen molar-refractivity contribution in [3.05, 3.63) is 118 Å². The molecule has 3 aromatic carbocycles. The minimum atomic E-state index is -1.03. The van der Waals surface area contributed by atoms with Crippen LogP contribution < -0.4 is 15.4 Å². The lowest BCUT2D eigenvalue weighted by Gasteiger charge is -2.19. The van der Waals surface area contributed by atoms with Gasteiger partial charge in [0.05, 0.1) is 46.4 Å². The number of imidazole rings is 2. The number of halogens is 3. The van der Waals surface area contributed by atoms with Crippen molar-refractivity contribution in [3.63, 3.8) is 0 Å². The molecule has 0 spiro atoms. The van der Waals surface area contributed by atoms with Gasteiger partial charge in [-0.2, -0.15) is 5.10 Å². The molecule has 2 aliphatic rings. The van der Waals surface area contributed by atoms with Gasteiger partial charge in [0.15, 0.2) is 34.5 Å². The van der Waals surface area contributed by atoms with Gasteiger partial charge >= 0.3 is 0 Å². The molecule has 344 valence electrons. The Morgan fingerprint density at radius 1 is 0.697 bits per heavy atom. The van der Waals surface area contributed by atoms with E-state index < -0.39 is 22.8 Å². The molecule has 0 atom stereocenters. The molecule has 2 saturated carbocycles. The quantitative estimate of drug-likeness (QED) is 0.0680. The van der Waals surface area contributed by atoms with Gasteiger partial charge in [0.1, 0.15) is 10.4 Å². The topological polar surface area (TPSA) is 168 Å². The fourth-order valence-corrected chi connectivity index (χ4v) is 7.92. The smallest absolute Gasteiger partial charge is 0.239 e. The van der Waals surface area contributed by atoms with Gasteiger partial charge in [-0.25, -0.2) is 27.8 Å². The number of carbonyl (C=O) groups excluding carboxylic acids is 2. The molecule has 0 aliphatic heterocycles. The zero-order chi connectivity index (χ0) is 47.1. The summed E-state index contributed by atoms with van der Waals surface area (Å²) in [6, 6.07) is 18.2. The van der Waals surface area contributed by atoms with Crippen LogP contribution in [0.4, 0.5) is 20.2 Å². The van der Waals surface area contributed by atoms with Crippen molar-refractivity contribution in [2.45, 2.75) is 91.3 Å². The maximum atomic E-state index is 13.7. The summed E-state index contributed by atoms with van der Waals surface area (Å²) in [6.07, 6.45) is 9.27. The number of benzene rings is 3. The van der Waals surface area contributed by atoms with Crippen LogP contribution >= 0.6 is 15.9 Å². The van der Waals surface area contributed by atoms with E-state index in [1.807, 2.05) is 56.3 Å². The summed E-state index contributed by atoms with van der Waals surface area (Å²) in [6.45, 7) is 11.3. The lowest BCUT2D eigenvalue weighted by molar-refractivity contribution is 0.0939. The Bertz CT molecular complexity index is 2970. The van der Waals surface area contributed by atoms with E-state index in [0.29, 0.717) is 64.1 Å². The molecule has 0 bridgehead atoms. The third-order valence-electron chi connectivity index (χ3n) is 11.4. The molecule has 2 fully saturated rings. The Kier molecular flexibility index (Phi) is 13.1. The molecule has 2 aliphatic carbocycles. The van der Waals surface area contributed by atoms with E-state index >= 15 is 0 Å². The van der Waals surface area contributed by atoms with Gasteiger partial charge < -0.3 is 25.6 Å². The normalized spacial score (nSPS) is 14.0. The van der Waals surface area contributed by atoms with Crippen LogP contribution in [-0.2, 0) is 0 Å². The van der Waals surface area contributed by atoms with E-state index in [4.69, 9.17) is 4.74 Å². The molecular formula is C50H53BrF2N8O5. The lowest BCUT2D eigenvalue weighted by Crippen LogP contribution is -2.29. The predicted octanol–water partition coefficient (Wildman–Crippen LogP) is 10.6. The number of carbonyl (C=O) groups is 2. The number of rotatable bonds is 16. The highest BCUT2D eigenvalue weighted by molar-refractivity contribution is 9.10. The van der Waals surface area contributed by atoms with E-state index in [-0.39, 0.29) is 29.7 Å². The van der Waals surface area contributed by atoms with Gasteiger partial charge in [0.2, 0.25) is 5.88 Å². The third-order valence-corrected chi connectivity index (χ3v) is 11.8. The van der Waals surface area contributed by atoms with Crippen molar-refractivity contribution in [2.75, 3.05) is 23.7 Å². The number of aliphatic hydroxyl groups is 2. The number of fused-ring (bicyclic) bond motifs is 2. The Labute approximate surface area is 389 Å². The molecule has 4 N–H and O–H groups in total. The number of anilines is 2. The highest BCUT2D eigenvalue weighted by Crippen LogP contribution is 2.36. The molecule has 0 amide bonds. The van der Waals surface area contributed by atoms with Crippen molar-refractivity contribution in [1.29, 1.82) is 0 Å². The summed E-state index contributed by atoms with van der Waals surface area (Å²) < 4.78 is 36.9. The van der Waals surface area contributed by atoms with Crippen molar-refractivity contribution >= 4 is 50.2 Å². The standard InChI is InChI=1S/C28H28F2N4O3.C22H25BrN4O2/c1-16-10-18(6-8-20(16)25(35)11-17-4-5-17)24-14-31-27-23(32-15-28(2,3)36)13-26(33-34(24)27)37-19-7-9-21(29)22(30)12-19;1-13-8-15(6-7-16(13)19(28)9-14-4-5-14)18-11-24-21-17(25-12-22(2,3)29)10-20(23)26-27(18)21/h6-10,12-14,17,32,36H,4-5,11,15H2,1-3H3;6-8,10-11,14,25,29H,4-5,9,12H2,1-3H3. The van der Waals surface area contributed by atoms with Crippen LogP contribution in [0.15, 0.2) is 83.7 Å². The van der Waals surface area contributed by atoms with Crippen molar-refractivity contribution in [2.24, 2.45) is 11.8 Å². The van der Waals surface area contributed by atoms with Gasteiger partial charge in [-0.05, 0) is 136 Å². The van der Waals surface area contributed by atoms with Crippen LogP contribution in [0.1, 0.15) is 98.1 Å². The maximum Gasteiger partial charge on any atom is 0.239 e. The Morgan fingerprint density at radius 3 is 1.64 bits per heavy atom. The molecule has 0 saturated heterocycles. The summed E-state index contributed by atoms with van der Waals surface area (Å²) in [5, 5.41) is 35.7. The Morgan fingerprint density at radius 2 is 1.18 bits per heavy atom. The minimum Gasteiger partial charge on any atom is -0.437 e. The summed E-state index contributed by atoms with van der Waals surface area (Å²) in [7, 11) is 0. The highest BCUT2D eigenvalue weighted by atomic mass is 79.9. The van der Waals surface area contributed by atoms with E-state index in [0.717, 1.165) is 64.2 Å². The number of nitrogens with zero attached hydrogens (tertiary/aromatic N) is 6. The van der Waals surface area contributed by atoms with Crippen LogP contribution in [0, 0.1) is 37.3 Å². The number of ketones is 2. The molecule has 9 rings (SSSR count). The minimum absolute atomic E-state index is 0.0789. The van der Waals surface area contributed by atoms with Gasteiger partial charge in [-0.15, -0.1) is 5.10 Å². The first-order chi connectivity index (χ1) is 31.3. The monoisotopic (exact) mass is 962 g/mol. The molecule has 66 heavy (non-hydrogen) atoms.